The average molecular weight is 868 g/mol. The summed E-state index contributed by atoms with van der Waals surface area (Å²) in [6.07, 6.45) is 0. The molecule has 68 heavy (non-hydrogen) atoms. The van der Waals surface area contributed by atoms with Crippen molar-refractivity contribution in [2.45, 2.75) is 12.3 Å². The van der Waals surface area contributed by atoms with Gasteiger partial charge in [0.1, 0.15) is 11.2 Å². The van der Waals surface area contributed by atoms with Gasteiger partial charge in [0.05, 0.1) is 5.41 Å². The lowest BCUT2D eigenvalue weighted by Gasteiger charge is -2.35. The Bertz CT molecular complexity index is 3790. The summed E-state index contributed by atoms with van der Waals surface area (Å²) < 4.78 is 6.20. The average Bonchev–Trinajstić information content (AvgIpc) is 3.93. The van der Waals surface area contributed by atoms with Gasteiger partial charge in [-0.1, -0.05) is 200 Å². The van der Waals surface area contributed by atoms with Crippen LogP contribution in [0, 0.1) is 6.92 Å². The number of nitrogens with zero attached hydrogens (tertiary/aromatic N) is 1. The van der Waals surface area contributed by atoms with Gasteiger partial charge in [-0.25, -0.2) is 0 Å². The number of rotatable bonds is 8. The minimum absolute atomic E-state index is 0.533. The first-order chi connectivity index (χ1) is 33.6. The Morgan fingerprint density at radius 2 is 0.912 bits per heavy atom. The van der Waals surface area contributed by atoms with Crippen LogP contribution in [0.25, 0.3) is 77.2 Å². The monoisotopic (exact) mass is 867 g/mol. The van der Waals surface area contributed by atoms with E-state index in [1.165, 1.54) is 72.0 Å². The molecule has 0 radical (unpaired) electrons. The van der Waals surface area contributed by atoms with E-state index in [0.717, 1.165) is 50.1 Å². The molecule has 0 atom stereocenters. The lowest BCUT2D eigenvalue weighted by Crippen LogP contribution is -2.28. The van der Waals surface area contributed by atoms with Crippen molar-refractivity contribution in [3.05, 3.63) is 283 Å². The summed E-state index contributed by atoms with van der Waals surface area (Å²) in [6.45, 7) is 2.25. The summed E-state index contributed by atoms with van der Waals surface area (Å²) in [4.78, 5) is 2.43. The molecule has 12 aromatic rings. The van der Waals surface area contributed by atoms with E-state index in [0.29, 0.717) is 0 Å². The van der Waals surface area contributed by atoms with Crippen LogP contribution < -0.4 is 4.90 Å². The zero-order valence-electron chi connectivity index (χ0n) is 37.6. The van der Waals surface area contributed by atoms with E-state index in [2.05, 4.69) is 254 Å². The highest BCUT2D eigenvalue weighted by molar-refractivity contribution is 6.07. The van der Waals surface area contributed by atoms with Crippen molar-refractivity contribution in [3.63, 3.8) is 0 Å². The van der Waals surface area contributed by atoms with Crippen molar-refractivity contribution in [3.8, 4) is 44.5 Å². The maximum Gasteiger partial charge on any atom is 0.135 e. The Labute approximate surface area is 396 Å². The van der Waals surface area contributed by atoms with Gasteiger partial charge in [0.15, 0.2) is 0 Å². The molecule has 0 saturated carbocycles. The van der Waals surface area contributed by atoms with Crippen molar-refractivity contribution >= 4 is 49.8 Å². The lowest BCUT2D eigenvalue weighted by atomic mass is 9.67. The van der Waals surface area contributed by atoms with Crippen LogP contribution in [0.2, 0.25) is 0 Å². The minimum atomic E-state index is -0.533. The Morgan fingerprint density at radius 3 is 1.63 bits per heavy atom. The van der Waals surface area contributed by atoms with Crippen LogP contribution in [0.15, 0.2) is 259 Å². The standard InChI is InChI=1S/C66H45NO/c1-44-16-15-26-60-64(44)58-40-38-54(43-61(58)66(60,50-20-7-3-8-21-50)51-22-9-4-10-23-51)67(52-34-28-45(29-35-52)49-33-41-63-59(42-49)57-25-13-14-27-62(57)68-63)53-36-30-47(31-37-53)56-39-32-46-17-11-12-24-55(46)65(56)48-18-5-2-6-19-48/h2-43H,1H3. The maximum absolute atomic E-state index is 6.20. The molecule has 11 aromatic carbocycles. The van der Waals surface area contributed by atoms with Crippen molar-refractivity contribution in [2.24, 2.45) is 0 Å². The SMILES string of the molecule is Cc1cccc2c1-c1ccc(N(c3ccc(-c4ccc5oc6ccccc6c5c4)cc3)c3ccc(-c4ccc5ccccc5c4-c4ccccc4)cc3)cc1C2(c1ccccc1)c1ccccc1. The Morgan fingerprint density at radius 1 is 0.338 bits per heavy atom. The van der Waals surface area contributed by atoms with Crippen molar-refractivity contribution in [1.82, 2.24) is 0 Å². The molecule has 1 heterocycles. The van der Waals surface area contributed by atoms with Crippen molar-refractivity contribution in [1.29, 1.82) is 0 Å². The first-order valence-corrected chi connectivity index (χ1v) is 23.5. The number of aryl methyl sites for hydroxylation is 1. The molecule has 0 spiro atoms. The summed E-state index contributed by atoms with van der Waals surface area (Å²) in [5.74, 6) is 0. The minimum Gasteiger partial charge on any atom is -0.456 e. The van der Waals surface area contributed by atoms with Gasteiger partial charge in [0.2, 0.25) is 0 Å². The fourth-order valence-corrected chi connectivity index (χ4v) is 11.2. The van der Waals surface area contributed by atoms with Gasteiger partial charge in [-0.2, -0.15) is 0 Å². The van der Waals surface area contributed by atoms with E-state index in [9.17, 15) is 0 Å². The Hall–Kier alpha value is -8.72. The highest BCUT2D eigenvalue weighted by Crippen LogP contribution is 2.58. The predicted octanol–water partition coefficient (Wildman–Crippen LogP) is 17.9. The fraction of sp³-hybridized carbons (Fsp3) is 0.0303. The van der Waals surface area contributed by atoms with E-state index >= 15 is 0 Å². The summed E-state index contributed by atoms with van der Waals surface area (Å²) >= 11 is 0. The number of hydrogen-bond donors (Lipinski definition) is 0. The third-order valence-electron chi connectivity index (χ3n) is 14.3. The number of anilines is 3. The lowest BCUT2D eigenvalue weighted by molar-refractivity contribution is 0.669. The first kappa shape index (κ1) is 39.6. The van der Waals surface area contributed by atoms with Crippen LogP contribution >= 0.6 is 0 Å². The van der Waals surface area contributed by atoms with Crippen LogP contribution in [0.3, 0.4) is 0 Å². The summed E-state index contributed by atoms with van der Waals surface area (Å²) in [6, 6.07) is 93.2. The van der Waals surface area contributed by atoms with Crippen molar-refractivity contribution < 1.29 is 4.42 Å². The topological polar surface area (TPSA) is 16.4 Å². The summed E-state index contributed by atoms with van der Waals surface area (Å²) in [7, 11) is 0. The molecule has 0 aliphatic heterocycles. The summed E-state index contributed by atoms with van der Waals surface area (Å²) in [5.41, 5.74) is 20.6. The zero-order chi connectivity index (χ0) is 45.2. The van der Waals surface area contributed by atoms with Gasteiger partial charge >= 0.3 is 0 Å². The quantitative estimate of drug-likeness (QED) is 0.151. The molecule has 0 N–H and O–H groups in total. The maximum atomic E-state index is 6.20. The third-order valence-corrected chi connectivity index (χ3v) is 14.3. The highest BCUT2D eigenvalue weighted by atomic mass is 16.3. The highest BCUT2D eigenvalue weighted by Gasteiger charge is 2.47. The molecule has 0 unspecified atom stereocenters. The second-order valence-corrected chi connectivity index (χ2v) is 18.0. The number of furan rings is 1. The molecule has 0 fully saturated rings. The first-order valence-electron chi connectivity index (χ1n) is 23.5. The molecule has 1 aromatic heterocycles. The van der Waals surface area contributed by atoms with E-state index in [1.807, 2.05) is 12.1 Å². The molecule has 0 bridgehead atoms. The van der Waals surface area contributed by atoms with Crippen LogP contribution in [-0.2, 0) is 5.41 Å². The van der Waals surface area contributed by atoms with Gasteiger partial charge < -0.3 is 9.32 Å². The number of benzene rings is 11. The predicted molar refractivity (Wildman–Crippen MR) is 284 cm³/mol. The molecule has 1 aliphatic carbocycles. The molecule has 2 heteroatoms. The molecule has 2 nitrogen and oxygen atoms in total. The van der Waals surface area contributed by atoms with E-state index in [-0.39, 0.29) is 0 Å². The van der Waals surface area contributed by atoms with Gasteiger partial charge in [-0.15, -0.1) is 0 Å². The summed E-state index contributed by atoms with van der Waals surface area (Å²) in [5, 5.41) is 4.74. The molecule has 1 aliphatic rings. The zero-order valence-corrected chi connectivity index (χ0v) is 37.6. The third kappa shape index (κ3) is 6.26. The van der Waals surface area contributed by atoms with E-state index in [1.54, 1.807) is 0 Å². The second-order valence-electron chi connectivity index (χ2n) is 18.0. The smallest absolute Gasteiger partial charge is 0.135 e. The molecule has 320 valence electrons. The van der Waals surface area contributed by atoms with E-state index < -0.39 is 5.41 Å². The van der Waals surface area contributed by atoms with Gasteiger partial charge in [-0.3, -0.25) is 0 Å². The molecule has 0 amide bonds. The normalized spacial score (nSPS) is 12.6. The van der Waals surface area contributed by atoms with Gasteiger partial charge in [0.25, 0.3) is 0 Å². The van der Waals surface area contributed by atoms with Crippen molar-refractivity contribution in [2.75, 3.05) is 4.90 Å². The van der Waals surface area contributed by atoms with Gasteiger partial charge in [0, 0.05) is 27.8 Å². The fourth-order valence-electron chi connectivity index (χ4n) is 11.2. The molecular formula is C66H45NO. The largest absolute Gasteiger partial charge is 0.456 e. The van der Waals surface area contributed by atoms with Crippen LogP contribution in [-0.4, -0.2) is 0 Å². The van der Waals surface area contributed by atoms with E-state index in [4.69, 9.17) is 4.42 Å². The molecular weight excluding hydrogens is 823 g/mol. The van der Waals surface area contributed by atoms with Gasteiger partial charge in [-0.05, 0) is 145 Å². The number of hydrogen-bond acceptors (Lipinski definition) is 2. The van der Waals surface area contributed by atoms with Crippen LogP contribution in [0.5, 0.6) is 0 Å². The van der Waals surface area contributed by atoms with Crippen LogP contribution in [0.4, 0.5) is 17.1 Å². The second kappa shape index (κ2) is 16.0. The Balaban J connectivity index is 0.995. The Kier molecular flexibility index (Phi) is 9.33. The molecule has 13 rings (SSSR count). The number of fused-ring (bicyclic) bond motifs is 7. The number of para-hydroxylation sites is 1. The van der Waals surface area contributed by atoms with Crippen LogP contribution in [0.1, 0.15) is 27.8 Å². The molecule has 0 saturated heterocycles.